The Labute approximate surface area is 183 Å². The Balaban J connectivity index is 2.23. The molecule has 0 heterocycles. The van der Waals surface area contributed by atoms with Crippen LogP contribution in [0.15, 0.2) is 60.7 Å². The number of ether oxygens (including phenoxy) is 1. The molecule has 0 bridgehead atoms. The molecule has 0 saturated heterocycles. The van der Waals surface area contributed by atoms with Gasteiger partial charge in [-0.05, 0) is 31.9 Å². The zero-order chi connectivity index (χ0) is 23.0. The van der Waals surface area contributed by atoms with E-state index in [0.717, 1.165) is 11.1 Å². The standard InChI is InChI=1S/C24H30N2O5/c1-24(2,3)31-23(30)25-19(15-17-11-7-5-8-12-17)21(27)26(4)20(22(28)29)16-18-13-9-6-10-14-18/h5-14,19-20H,15-16H2,1-4H3,(H,25,30)(H,28,29)/t19-,20-/m0/s1. The SMILES string of the molecule is CN(C(=O)[C@H](Cc1ccccc1)NC(=O)OC(C)(C)C)[C@@H](Cc1ccccc1)C(=O)O. The Morgan fingerprint density at radius 3 is 1.87 bits per heavy atom. The van der Waals surface area contributed by atoms with E-state index >= 15 is 0 Å². The fourth-order valence-electron chi connectivity index (χ4n) is 3.13. The molecule has 0 aromatic heterocycles. The number of carboxylic acid groups (broad SMARTS) is 1. The maximum Gasteiger partial charge on any atom is 0.408 e. The third-order valence-electron chi connectivity index (χ3n) is 4.64. The van der Waals surface area contributed by atoms with Crippen molar-refractivity contribution in [3.8, 4) is 0 Å². The summed E-state index contributed by atoms with van der Waals surface area (Å²) in [5.41, 5.74) is 0.905. The molecule has 7 heteroatoms. The van der Waals surface area contributed by atoms with Gasteiger partial charge in [0.05, 0.1) is 0 Å². The quantitative estimate of drug-likeness (QED) is 0.675. The minimum absolute atomic E-state index is 0.156. The highest BCUT2D eigenvalue weighted by molar-refractivity contribution is 5.89. The van der Waals surface area contributed by atoms with Gasteiger partial charge in [0.15, 0.2) is 0 Å². The van der Waals surface area contributed by atoms with E-state index in [9.17, 15) is 19.5 Å². The highest BCUT2D eigenvalue weighted by Gasteiger charge is 2.33. The van der Waals surface area contributed by atoms with E-state index in [1.54, 1.807) is 20.8 Å². The van der Waals surface area contributed by atoms with Crippen molar-refractivity contribution in [2.45, 2.75) is 51.3 Å². The van der Waals surface area contributed by atoms with Crippen molar-refractivity contribution in [3.63, 3.8) is 0 Å². The fourth-order valence-corrected chi connectivity index (χ4v) is 3.13. The molecule has 7 nitrogen and oxygen atoms in total. The van der Waals surface area contributed by atoms with Crippen LogP contribution in [0.4, 0.5) is 4.79 Å². The van der Waals surface area contributed by atoms with Crippen LogP contribution in [-0.2, 0) is 27.2 Å². The maximum atomic E-state index is 13.3. The number of nitrogens with one attached hydrogen (secondary N) is 1. The monoisotopic (exact) mass is 426 g/mol. The molecule has 2 atom stereocenters. The smallest absolute Gasteiger partial charge is 0.408 e. The molecule has 31 heavy (non-hydrogen) atoms. The van der Waals surface area contributed by atoms with Gasteiger partial charge in [-0.3, -0.25) is 4.79 Å². The van der Waals surface area contributed by atoms with E-state index in [0.29, 0.717) is 0 Å². The molecule has 2 aromatic rings. The van der Waals surface area contributed by atoms with E-state index in [4.69, 9.17) is 4.74 Å². The minimum Gasteiger partial charge on any atom is -0.480 e. The van der Waals surface area contributed by atoms with Crippen molar-refractivity contribution in [1.29, 1.82) is 0 Å². The first kappa shape index (κ1) is 23.9. The predicted octanol–water partition coefficient (Wildman–Crippen LogP) is 3.28. The average Bonchev–Trinajstić information content (AvgIpc) is 2.70. The topological polar surface area (TPSA) is 95.9 Å². The number of hydrogen-bond acceptors (Lipinski definition) is 4. The van der Waals surface area contributed by atoms with Crippen molar-refractivity contribution in [3.05, 3.63) is 71.8 Å². The summed E-state index contributed by atoms with van der Waals surface area (Å²) < 4.78 is 5.30. The molecule has 2 rings (SSSR count). The number of carbonyl (C=O) groups excluding carboxylic acids is 2. The molecular weight excluding hydrogens is 396 g/mol. The van der Waals surface area contributed by atoms with Crippen LogP contribution in [0.5, 0.6) is 0 Å². The van der Waals surface area contributed by atoms with Crippen LogP contribution in [0.3, 0.4) is 0 Å². The number of alkyl carbamates (subject to hydrolysis) is 1. The number of aliphatic carboxylic acids is 1. The second kappa shape index (κ2) is 10.6. The van der Waals surface area contributed by atoms with Crippen LogP contribution >= 0.6 is 0 Å². The maximum absolute atomic E-state index is 13.3. The van der Waals surface area contributed by atoms with Crippen LogP contribution in [0.1, 0.15) is 31.9 Å². The molecule has 0 radical (unpaired) electrons. The number of hydrogen-bond donors (Lipinski definition) is 2. The van der Waals surface area contributed by atoms with Crippen molar-refractivity contribution in [1.82, 2.24) is 10.2 Å². The molecule has 0 aliphatic carbocycles. The average molecular weight is 427 g/mol. The summed E-state index contributed by atoms with van der Waals surface area (Å²) in [5, 5.41) is 12.4. The summed E-state index contributed by atoms with van der Waals surface area (Å²) in [4.78, 5) is 38.8. The lowest BCUT2D eigenvalue weighted by molar-refractivity contribution is -0.149. The number of nitrogens with zero attached hydrogens (tertiary/aromatic N) is 1. The molecule has 0 fully saturated rings. The molecule has 0 unspecified atom stereocenters. The van der Waals surface area contributed by atoms with Crippen molar-refractivity contribution in [2.24, 2.45) is 0 Å². The van der Waals surface area contributed by atoms with Gasteiger partial charge < -0.3 is 20.1 Å². The van der Waals surface area contributed by atoms with Gasteiger partial charge in [0.25, 0.3) is 0 Å². The Morgan fingerprint density at radius 1 is 0.935 bits per heavy atom. The first-order valence-electron chi connectivity index (χ1n) is 10.1. The van der Waals surface area contributed by atoms with Gasteiger partial charge in [-0.2, -0.15) is 0 Å². The van der Waals surface area contributed by atoms with Gasteiger partial charge in [-0.25, -0.2) is 9.59 Å². The van der Waals surface area contributed by atoms with Crippen LogP contribution in [0.25, 0.3) is 0 Å². The van der Waals surface area contributed by atoms with Crippen molar-refractivity contribution >= 4 is 18.0 Å². The van der Waals surface area contributed by atoms with Gasteiger partial charge in [-0.15, -0.1) is 0 Å². The molecule has 2 amide bonds. The summed E-state index contributed by atoms with van der Waals surface area (Å²) in [6, 6.07) is 16.3. The number of carboxylic acids is 1. The number of amides is 2. The van der Waals surface area contributed by atoms with Gasteiger partial charge in [-0.1, -0.05) is 60.7 Å². The van der Waals surface area contributed by atoms with Gasteiger partial charge in [0.1, 0.15) is 17.7 Å². The van der Waals surface area contributed by atoms with E-state index in [-0.39, 0.29) is 12.8 Å². The lowest BCUT2D eigenvalue weighted by Crippen LogP contribution is -2.54. The molecule has 166 valence electrons. The first-order valence-corrected chi connectivity index (χ1v) is 10.1. The molecule has 0 spiro atoms. The van der Waals surface area contributed by atoms with Crippen LogP contribution in [-0.4, -0.2) is 52.7 Å². The molecule has 0 aliphatic rings. The lowest BCUT2D eigenvalue weighted by Gasteiger charge is -2.30. The van der Waals surface area contributed by atoms with E-state index in [1.807, 2.05) is 60.7 Å². The number of rotatable bonds is 8. The highest BCUT2D eigenvalue weighted by Crippen LogP contribution is 2.13. The van der Waals surface area contributed by atoms with Crippen LogP contribution < -0.4 is 5.32 Å². The normalized spacial score (nSPS) is 13.0. The molecule has 0 saturated carbocycles. The second-order valence-electron chi connectivity index (χ2n) is 8.38. The zero-order valence-corrected chi connectivity index (χ0v) is 18.4. The Kier molecular flexibility index (Phi) is 8.19. The number of likely N-dealkylation sites (N-methyl/N-ethyl adjacent to an activating group) is 1. The van der Waals surface area contributed by atoms with Crippen molar-refractivity contribution in [2.75, 3.05) is 7.05 Å². The fraction of sp³-hybridized carbons (Fsp3) is 0.375. The minimum atomic E-state index is -1.12. The number of carbonyl (C=O) groups is 3. The first-order chi connectivity index (χ1) is 14.6. The zero-order valence-electron chi connectivity index (χ0n) is 18.4. The van der Waals surface area contributed by atoms with Gasteiger partial charge >= 0.3 is 12.1 Å². The summed E-state index contributed by atoms with van der Waals surface area (Å²) in [5.74, 6) is -1.62. The van der Waals surface area contributed by atoms with E-state index in [1.165, 1.54) is 11.9 Å². The molecule has 2 aromatic carbocycles. The molecule has 0 aliphatic heterocycles. The van der Waals surface area contributed by atoms with Gasteiger partial charge in [0, 0.05) is 19.9 Å². The molecular formula is C24H30N2O5. The summed E-state index contributed by atoms with van der Waals surface area (Å²) >= 11 is 0. The second-order valence-corrected chi connectivity index (χ2v) is 8.38. The summed E-state index contributed by atoms with van der Waals surface area (Å²) in [6.07, 6.45) is -0.366. The van der Waals surface area contributed by atoms with Crippen molar-refractivity contribution < 1.29 is 24.2 Å². The lowest BCUT2D eigenvalue weighted by atomic mass is 10.0. The van der Waals surface area contributed by atoms with Crippen LogP contribution in [0, 0.1) is 0 Å². The third kappa shape index (κ3) is 7.77. The predicted molar refractivity (Wildman–Crippen MR) is 118 cm³/mol. The molecule has 2 N–H and O–H groups in total. The largest absolute Gasteiger partial charge is 0.480 e. The summed E-state index contributed by atoms with van der Waals surface area (Å²) in [6.45, 7) is 5.19. The third-order valence-corrected chi connectivity index (χ3v) is 4.64. The van der Waals surface area contributed by atoms with Crippen LogP contribution in [0.2, 0.25) is 0 Å². The Morgan fingerprint density at radius 2 is 1.42 bits per heavy atom. The van der Waals surface area contributed by atoms with E-state index in [2.05, 4.69) is 5.32 Å². The Hall–Kier alpha value is -3.35. The van der Waals surface area contributed by atoms with E-state index < -0.39 is 35.7 Å². The summed E-state index contributed by atoms with van der Waals surface area (Å²) in [7, 11) is 1.44. The highest BCUT2D eigenvalue weighted by atomic mass is 16.6. The Bertz CT molecular complexity index is 878. The van der Waals surface area contributed by atoms with Gasteiger partial charge in [0.2, 0.25) is 5.91 Å². The number of benzene rings is 2.